The Balaban J connectivity index is 0. The Labute approximate surface area is 43.6 Å². The summed E-state index contributed by atoms with van der Waals surface area (Å²) in [5.41, 5.74) is 0. The van der Waals surface area contributed by atoms with Crippen molar-refractivity contribution in [1.82, 2.24) is 0 Å². The lowest BCUT2D eigenvalue weighted by molar-refractivity contribution is -0.144. The van der Waals surface area contributed by atoms with Gasteiger partial charge in [0.2, 0.25) is 0 Å². The smallest absolute Gasteiger partial charge is 0.395 e. The Morgan fingerprint density at radius 2 is 1.75 bits per heavy atom. The van der Waals surface area contributed by atoms with E-state index >= 15 is 0 Å². The second-order valence-corrected chi connectivity index (χ2v) is 0.986. The Morgan fingerprint density at radius 3 is 1.75 bits per heavy atom. The van der Waals surface area contributed by atoms with Crippen molar-refractivity contribution in [2.24, 2.45) is 0 Å². The molecule has 5 heteroatoms. The maximum atomic E-state index is 10.8. The third kappa shape index (κ3) is 9.05. The van der Waals surface area contributed by atoms with Gasteiger partial charge in [-0.2, -0.15) is 13.2 Å². The van der Waals surface area contributed by atoms with Gasteiger partial charge in [0.1, 0.15) is 6.29 Å². The average Bonchev–Trinajstić information content (AvgIpc) is 1.30. The molecule has 0 aliphatic rings. The van der Waals surface area contributed by atoms with Crippen LogP contribution >= 0.6 is 0 Å². The summed E-state index contributed by atoms with van der Waals surface area (Å²) in [5, 5.41) is 0. The molecule has 0 radical (unpaired) electrons. The Kier molecular flexibility index (Phi) is 4.46. The molecule has 0 rings (SSSR count). The molecular formula is C3H5F3O2. The van der Waals surface area contributed by atoms with Crippen LogP contribution in [0.15, 0.2) is 0 Å². The van der Waals surface area contributed by atoms with E-state index in [4.69, 9.17) is 4.79 Å². The van der Waals surface area contributed by atoms with E-state index in [1.807, 2.05) is 0 Å². The van der Waals surface area contributed by atoms with E-state index in [0.29, 0.717) is 0 Å². The van der Waals surface area contributed by atoms with Crippen molar-refractivity contribution in [3.05, 3.63) is 0 Å². The molecule has 0 unspecified atom stereocenters. The van der Waals surface area contributed by atoms with Gasteiger partial charge in [0.15, 0.2) is 0 Å². The first kappa shape index (κ1) is 10.4. The molecule has 0 aromatic heterocycles. The Bertz CT molecular complexity index is 67.4. The summed E-state index contributed by atoms with van der Waals surface area (Å²) in [4.78, 5) is 9.10. The van der Waals surface area contributed by atoms with Crippen molar-refractivity contribution >= 4 is 6.29 Å². The van der Waals surface area contributed by atoms with Crippen molar-refractivity contribution < 1.29 is 23.4 Å². The van der Waals surface area contributed by atoms with Gasteiger partial charge in [-0.3, -0.25) is 0 Å². The molecule has 0 fully saturated rings. The van der Waals surface area contributed by atoms with Crippen LogP contribution in [0.4, 0.5) is 13.2 Å². The molecule has 0 aliphatic carbocycles. The van der Waals surface area contributed by atoms with Crippen LogP contribution < -0.4 is 0 Å². The molecule has 0 aromatic rings. The van der Waals surface area contributed by atoms with Crippen molar-refractivity contribution in [1.29, 1.82) is 0 Å². The van der Waals surface area contributed by atoms with Gasteiger partial charge in [0.25, 0.3) is 0 Å². The molecule has 0 heterocycles. The lowest BCUT2D eigenvalue weighted by Crippen LogP contribution is -2.06. The number of hydrogen-bond donors (Lipinski definition) is 0. The Morgan fingerprint density at radius 1 is 1.38 bits per heavy atom. The minimum atomic E-state index is -4.32. The number of aldehydes is 1. The highest BCUT2D eigenvalue weighted by Gasteiger charge is 2.25. The molecule has 0 aliphatic heterocycles. The predicted octanol–water partition coefficient (Wildman–Crippen LogP) is 0.313. The fourth-order valence-electron chi connectivity index (χ4n) is 0.0945. The summed E-state index contributed by atoms with van der Waals surface area (Å²) in [7, 11) is 0. The highest BCUT2D eigenvalue weighted by Crippen LogP contribution is 2.16. The van der Waals surface area contributed by atoms with Gasteiger partial charge in [-0.1, -0.05) is 0 Å². The minimum absolute atomic E-state index is 0. The standard InChI is InChI=1S/C3H3F3O.H2O/c4-3(5,6)1-2-7;/h2H,1H2;1H2. The van der Waals surface area contributed by atoms with Crippen LogP contribution in [0.1, 0.15) is 6.42 Å². The molecule has 8 heavy (non-hydrogen) atoms. The van der Waals surface area contributed by atoms with Gasteiger partial charge in [-0.05, 0) is 0 Å². The monoisotopic (exact) mass is 130 g/mol. The molecule has 0 spiro atoms. The normalized spacial score (nSPS) is 9.88. The average molecular weight is 130 g/mol. The molecule has 50 valence electrons. The third-order valence-electron chi connectivity index (χ3n) is 0.315. The number of hydrogen-bond acceptors (Lipinski definition) is 1. The molecule has 0 saturated carbocycles. The minimum Gasteiger partial charge on any atom is -0.412 e. The van der Waals surface area contributed by atoms with E-state index in [1.54, 1.807) is 0 Å². The first-order valence-corrected chi connectivity index (χ1v) is 1.56. The fourth-order valence-corrected chi connectivity index (χ4v) is 0.0945. The predicted molar refractivity (Wildman–Crippen MR) is 20.3 cm³/mol. The summed E-state index contributed by atoms with van der Waals surface area (Å²) >= 11 is 0. The van der Waals surface area contributed by atoms with Crippen LogP contribution in [-0.4, -0.2) is 17.9 Å². The van der Waals surface area contributed by atoms with Crippen molar-refractivity contribution in [2.45, 2.75) is 12.6 Å². The van der Waals surface area contributed by atoms with Crippen LogP contribution in [0.2, 0.25) is 0 Å². The van der Waals surface area contributed by atoms with E-state index < -0.39 is 12.6 Å². The van der Waals surface area contributed by atoms with Crippen molar-refractivity contribution in [3.63, 3.8) is 0 Å². The maximum absolute atomic E-state index is 10.8. The number of halogens is 3. The largest absolute Gasteiger partial charge is 0.412 e. The van der Waals surface area contributed by atoms with Gasteiger partial charge in [-0.25, -0.2) is 0 Å². The first-order valence-electron chi connectivity index (χ1n) is 1.56. The topological polar surface area (TPSA) is 48.6 Å². The first-order chi connectivity index (χ1) is 3.06. The van der Waals surface area contributed by atoms with E-state index in [2.05, 4.69) is 0 Å². The summed E-state index contributed by atoms with van der Waals surface area (Å²) in [5.74, 6) is 0. The second kappa shape index (κ2) is 3.43. The molecule has 2 nitrogen and oxygen atoms in total. The molecule has 0 bridgehead atoms. The third-order valence-corrected chi connectivity index (χ3v) is 0.315. The lowest BCUT2D eigenvalue weighted by Gasteiger charge is -1.95. The number of carbonyl (C=O) groups is 1. The van der Waals surface area contributed by atoms with E-state index in [0.717, 1.165) is 0 Å². The maximum Gasteiger partial charge on any atom is 0.395 e. The molecule has 0 amide bonds. The van der Waals surface area contributed by atoms with E-state index in [1.165, 1.54) is 0 Å². The van der Waals surface area contributed by atoms with Crippen LogP contribution in [0.5, 0.6) is 0 Å². The lowest BCUT2D eigenvalue weighted by atomic mass is 10.5. The highest BCUT2D eigenvalue weighted by molar-refractivity contribution is 5.50. The zero-order chi connectivity index (χ0) is 5.91. The SMILES string of the molecule is O.O=CCC(F)(F)F. The van der Waals surface area contributed by atoms with Crippen LogP contribution in [0.25, 0.3) is 0 Å². The molecule has 0 saturated heterocycles. The summed E-state index contributed by atoms with van der Waals surface area (Å²) in [6.07, 6.45) is -5.82. The van der Waals surface area contributed by atoms with Gasteiger partial charge in [0.05, 0.1) is 6.42 Å². The van der Waals surface area contributed by atoms with Gasteiger partial charge in [0, 0.05) is 0 Å². The van der Waals surface area contributed by atoms with Gasteiger partial charge < -0.3 is 10.3 Å². The van der Waals surface area contributed by atoms with Crippen LogP contribution in [0.3, 0.4) is 0 Å². The fraction of sp³-hybridized carbons (Fsp3) is 0.667. The van der Waals surface area contributed by atoms with E-state index in [-0.39, 0.29) is 11.8 Å². The van der Waals surface area contributed by atoms with Crippen molar-refractivity contribution in [3.8, 4) is 0 Å². The quantitative estimate of drug-likeness (QED) is 0.471. The van der Waals surface area contributed by atoms with Gasteiger partial charge in [-0.15, -0.1) is 0 Å². The summed E-state index contributed by atoms with van der Waals surface area (Å²) in [6.45, 7) is 0. The second-order valence-electron chi connectivity index (χ2n) is 0.986. The Hall–Kier alpha value is -0.580. The van der Waals surface area contributed by atoms with Crippen LogP contribution in [0, 0.1) is 0 Å². The molecule has 0 aromatic carbocycles. The number of alkyl halides is 3. The summed E-state index contributed by atoms with van der Waals surface area (Å²) < 4.78 is 32.5. The highest BCUT2D eigenvalue weighted by atomic mass is 19.4. The number of carbonyl (C=O) groups excluding carboxylic acids is 1. The molecule has 2 N–H and O–H groups in total. The van der Waals surface area contributed by atoms with Crippen molar-refractivity contribution in [2.75, 3.05) is 0 Å². The van der Waals surface area contributed by atoms with Crippen LogP contribution in [-0.2, 0) is 4.79 Å². The molecule has 0 atom stereocenters. The summed E-state index contributed by atoms with van der Waals surface area (Å²) in [6, 6.07) is 0. The van der Waals surface area contributed by atoms with E-state index in [9.17, 15) is 13.2 Å². The molecular weight excluding hydrogens is 125 g/mol. The number of rotatable bonds is 1. The van der Waals surface area contributed by atoms with Gasteiger partial charge >= 0.3 is 6.18 Å². The zero-order valence-corrected chi connectivity index (χ0v) is 3.83. The zero-order valence-electron chi connectivity index (χ0n) is 3.83.